The van der Waals surface area contributed by atoms with Crippen LogP contribution < -0.4 is 10.5 Å². The van der Waals surface area contributed by atoms with Gasteiger partial charge in [-0.1, -0.05) is 13.8 Å². The third-order valence-corrected chi connectivity index (χ3v) is 1.46. The summed E-state index contributed by atoms with van der Waals surface area (Å²) in [5.74, 6) is -0.149. The lowest BCUT2D eigenvalue weighted by Gasteiger charge is -2.05. The van der Waals surface area contributed by atoms with E-state index in [1.165, 1.54) is 13.2 Å². The Hall–Kier alpha value is -1.25. The van der Waals surface area contributed by atoms with Crippen molar-refractivity contribution in [3.05, 3.63) is 23.5 Å². The third-order valence-electron chi connectivity index (χ3n) is 1.46. The van der Waals surface area contributed by atoms with Crippen molar-refractivity contribution in [1.29, 1.82) is 0 Å². The van der Waals surface area contributed by atoms with Gasteiger partial charge in [-0.2, -0.15) is 0 Å². The van der Waals surface area contributed by atoms with E-state index in [1.54, 1.807) is 13.0 Å². The molecule has 0 fully saturated rings. The van der Waals surface area contributed by atoms with Crippen LogP contribution in [0.4, 0.5) is 10.1 Å². The van der Waals surface area contributed by atoms with Gasteiger partial charge in [0, 0.05) is 11.8 Å². The monoisotopic (exact) mass is 185 g/mol. The third kappa shape index (κ3) is 2.93. The molecule has 1 rings (SSSR count). The van der Waals surface area contributed by atoms with Crippen LogP contribution in [-0.4, -0.2) is 7.11 Å². The van der Waals surface area contributed by atoms with Gasteiger partial charge in [0.15, 0.2) is 11.6 Å². The molecule has 0 unspecified atom stereocenters. The topological polar surface area (TPSA) is 35.2 Å². The van der Waals surface area contributed by atoms with E-state index in [2.05, 4.69) is 0 Å². The molecule has 74 valence electrons. The molecule has 0 amide bonds. The molecule has 3 heteroatoms. The van der Waals surface area contributed by atoms with Crippen LogP contribution in [0.3, 0.4) is 0 Å². The van der Waals surface area contributed by atoms with Crippen LogP contribution in [0.2, 0.25) is 0 Å². The van der Waals surface area contributed by atoms with Crippen LogP contribution in [0.5, 0.6) is 5.75 Å². The number of halogens is 1. The molecule has 0 aliphatic carbocycles. The summed E-state index contributed by atoms with van der Waals surface area (Å²) in [4.78, 5) is 0. The van der Waals surface area contributed by atoms with Crippen molar-refractivity contribution in [1.82, 2.24) is 0 Å². The Morgan fingerprint density at radius 1 is 1.31 bits per heavy atom. The quantitative estimate of drug-likeness (QED) is 0.683. The van der Waals surface area contributed by atoms with Crippen molar-refractivity contribution in [3.8, 4) is 5.75 Å². The van der Waals surface area contributed by atoms with Crippen molar-refractivity contribution in [2.75, 3.05) is 12.8 Å². The van der Waals surface area contributed by atoms with E-state index in [-0.39, 0.29) is 5.75 Å². The first-order chi connectivity index (χ1) is 6.15. The number of ether oxygens (including phenoxy) is 1. The molecule has 0 saturated heterocycles. The first kappa shape index (κ1) is 11.8. The van der Waals surface area contributed by atoms with E-state index in [0.717, 1.165) is 0 Å². The molecule has 0 aliphatic heterocycles. The lowest BCUT2D eigenvalue weighted by Crippen LogP contribution is -1.94. The van der Waals surface area contributed by atoms with Crippen LogP contribution in [-0.2, 0) is 0 Å². The van der Waals surface area contributed by atoms with Gasteiger partial charge < -0.3 is 10.5 Å². The van der Waals surface area contributed by atoms with Gasteiger partial charge in [0.25, 0.3) is 0 Å². The predicted octanol–water partition coefficient (Wildman–Crippen LogP) is 2.75. The minimum Gasteiger partial charge on any atom is -0.493 e. The summed E-state index contributed by atoms with van der Waals surface area (Å²) < 4.78 is 17.7. The summed E-state index contributed by atoms with van der Waals surface area (Å²) in [7, 11) is 1.43. The molecule has 13 heavy (non-hydrogen) atoms. The highest BCUT2D eigenvalue weighted by atomic mass is 19.1. The van der Waals surface area contributed by atoms with E-state index >= 15 is 0 Å². The van der Waals surface area contributed by atoms with Crippen molar-refractivity contribution in [2.24, 2.45) is 0 Å². The lowest BCUT2D eigenvalue weighted by atomic mass is 10.2. The molecule has 0 aliphatic rings. The number of hydrogen-bond acceptors (Lipinski definition) is 2. The Bertz CT molecular complexity index is 251. The zero-order valence-electron chi connectivity index (χ0n) is 8.52. The molecular weight excluding hydrogens is 169 g/mol. The van der Waals surface area contributed by atoms with E-state index < -0.39 is 5.82 Å². The Labute approximate surface area is 78.5 Å². The van der Waals surface area contributed by atoms with Crippen molar-refractivity contribution in [3.63, 3.8) is 0 Å². The second kappa shape index (κ2) is 5.41. The first-order valence-corrected chi connectivity index (χ1v) is 4.24. The van der Waals surface area contributed by atoms with Crippen LogP contribution in [0.25, 0.3) is 0 Å². The predicted molar refractivity (Wildman–Crippen MR) is 53.4 cm³/mol. The molecule has 0 radical (unpaired) electrons. The van der Waals surface area contributed by atoms with Gasteiger partial charge in [-0.15, -0.1) is 0 Å². The second-order valence-corrected chi connectivity index (χ2v) is 2.35. The van der Waals surface area contributed by atoms with Gasteiger partial charge in [-0.05, 0) is 18.6 Å². The molecule has 2 nitrogen and oxygen atoms in total. The number of rotatable bonds is 1. The Balaban J connectivity index is 0.000000671. The molecule has 0 saturated carbocycles. The summed E-state index contributed by atoms with van der Waals surface area (Å²) in [6.07, 6.45) is 0. The molecule has 1 aromatic rings. The average Bonchev–Trinajstić information content (AvgIpc) is 2.07. The zero-order chi connectivity index (χ0) is 10.4. The molecule has 2 N–H and O–H groups in total. The molecule has 0 spiro atoms. The normalized spacial score (nSPS) is 8.69. The van der Waals surface area contributed by atoms with Crippen molar-refractivity contribution in [2.45, 2.75) is 20.8 Å². The summed E-state index contributed by atoms with van der Waals surface area (Å²) >= 11 is 0. The molecule has 0 aromatic heterocycles. The maximum absolute atomic E-state index is 12.9. The van der Waals surface area contributed by atoms with Gasteiger partial charge in [-0.3, -0.25) is 0 Å². The highest BCUT2D eigenvalue weighted by Gasteiger charge is 2.05. The maximum atomic E-state index is 12.9. The molecule has 0 bridgehead atoms. The number of nitrogens with two attached hydrogens (primary N) is 1. The van der Waals surface area contributed by atoms with Crippen LogP contribution in [0, 0.1) is 12.7 Å². The standard InChI is InChI=1S/C8H10FNO.C2H6/c1-5-3-6(10)4-7(9)8(5)11-2;1-2/h3-4H,10H2,1-2H3;1-2H3. The van der Waals surface area contributed by atoms with Gasteiger partial charge in [-0.25, -0.2) is 4.39 Å². The fraction of sp³-hybridized carbons (Fsp3) is 0.400. The smallest absolute Gasteiger partial charge is 0.167 e. The summed E-state index contributed by atoms with van der Waals surface area (Å²) in [5.41, 5.74) is 6.52. The molecule has 1 aromatic carbocycles. The second-order valence-electron chi connectivity index (χ2n) is 2.35. The number of anilines is 1. The molecular formula is C10H16FNO. The summed E-state index contributed by atoms with van der Waals surface area (Å²) in [5, 5.41) is 0. The van der Waals surface area contributed by atoms with Crippen LogP contribution in [0.1, 0.15) is 19.4 Å². The zero-order valence-corrected chi connectivity index (χ0v) is 8.52. The van der Waals surface area contributed by atoms with Crippen LogP contribution >= 0.6 is 0 Å². The minimum atomic E-state index is -0.412. The fourth-order valence-electron chi connectivity index (χ4n) is 1.02. The Morgan fingerprint density at radius 3 is 2.23 bits per heavy atom. The van der Waals surface area contributed by atoms with E-state index in [0.29, 0.717) is 11.3 Å². The molecule has 0 heterocycles. The molecule has 0 atom stereocenters. The van der Waals surface area contributed by atoms with Crippen LogP contribution in [0.15, 0.2) is 12.1 Å². The SMILES string of the molecule is CC.COc1c(C)cc(N)cc1F. The van der Waals surface area contributed by atoms with E-state index in [1.807, 2.05) is 13.8 Å². The number of hydrogen-bond donors (Lipinski definition) is 1. The highest BCUT2D eigenvalue weighted by molar-refractivity contribution is 5.48. The number of aryl methyl sites for hydroxylation is 1. The number of benzene rings is 1. The largest absolute Gasteiger partial charge is 0.493 e. The Kier molecular flexibility index (Phi) is 4.89. The fourth-order valence-corrected chi connectivity index (χ4v) is 1.02. The number of methoxy groups -OCH3 is 1. The number of nitrogen functional groups attached to an aromatic ring is 1. The van der Waals surface area contributed by atoms with Crippen molar-refractivity contribution >= 4 is 5.69 Å². The summed E-state index contributed by atoms with van der Waals surface area (Å²) in [6.45, 7) is 5.75. The van der Waals surface area contributed by atoms with Gasteiger partial charge in [0.1, 0.15) is 0 Å². The van der Waals surface area contributed by atoms with Gasteiger partial charge in [0.05, 0.1) is 7.11 Å². The summed E-state index contributed by atoms with van der Waals surface area (Å²) in [6, 6.07) is 2.91. The Morgan fingerprint density at radius 2 is 1.85 bits per heavy atom. The first-order valence-electron chi connectivity index (χ1n) is 4.24. The van der Waals surface area contributed by atoms with Gasteiger partial charge in [0.2, 0.25) is 0 Å². The van der Waals surface area contributed by atoms with Crippen molar-refractivity contribution < 1.29 is 9.13 Å². The van der Waals surface area contributed by atoms with E-state index in [4.69, 9.17) is 10.5 Å². The maximum Gasteiger partial charge on any atom is 0.167 e. The van der Waals surface area contributed by atoms with Gasteiger partial charge >= 0.3 is 0 Å². The highest BCUT2D eigenvalue weighted by Crippen LogP contribution is 2.24. The average molecular weight is 185 g/mol. The van der Waals surface area contributed by atoms with E-state index in [9.17, 15) is 4.39 Å². The minimum absolute atomic E-state index is 0.263. The lowest BCUT2D eigenvalue weighted by molar-refractivity contribution is 0.383.